The van der Waals surface area contributed by atoms with Crippen LogP contribution < -0.4 is 0 Å². The van der Waals surface area contributed by atoms with Gasteiger partial charge in [0.15, 0.2) is 0 Å². The lowest BCUT2D eigenvalue weighted by atomic mass is 10.4. The minimum absolute atomic E-state index is 0.524. The average Bonchev–Trinajstić information content (AvgIpc) is 2.25. The van der Waals surface area contributed by atoms with Gasteiger partial charge in [-0.2, -0.15) is 5.26 Å². The zero-order valence-corrected chi connectivity index (χ0v) is 9.36. The van der Waals surface area contributed by atoms with Crippen LogP contribution in [-0.4, -0.2) is 32.1 Å². The van der Waals surface area contributed by atoms with Crippen molar-refractivity contribution in [3.05, 3.63) is 0 Å². The highest BCUT2D eigenvalue weighted by atomic mass is 16.7. The topological polar surface area (TPSA) is 68.5 Å². The van der Waals surface area contributed by atoms with Crippen LogP contribution in [0.15, 0.2) is 0 Å². The second-order valence-electron chi connectivity index (χ2n) is 2.89. The Morgan fingerprint density at radius 3 is 2.53 bits per heavy atom. The minimum Gasteiger partial charge on any atom is -0.433 e. The number of carbonyl (C=O) groups is 1. The summed E-state index contributed by atoms with van der Waals surface area (Å²) in [6.45, 7) is 4.32. The maximum Gasteiger partial charge on any atom is 0.352 e. The molecule has 0 aromatic rings. The molecule has 0 bridgehead atoms. The number of carbonyl (C=O) groups excluding carboxylic acids is 1. The lowest BCUT2D eigenvalue weighted by molar-refractivity contribution is -0.186. The molecule has 0 spiro atoms. The van der Waals surface area contributed by atoms with Crippen LogP contribution in [0.3, 0.4) is 0 Å². The van der Waals surface area contributed by atoms with E-state index in [0.29, 0.717) is 13.0 Å². The quantitative estimate of drug-likeness (QED) is 0.472. The zero-order chi connectivity index (χ0) is 11.7. The molecule has 0 aliphatic carbocycles. The second-order valence-corrected chi connectivity index (χ2v) is 2.89. The first-order valence-electron chi connectivity index (χ1n) is 4.94. The number of rotatable bonds is 7. The van der Waals surface area contributed by atoms with Gasteiger partial charge in [0.05, 0.1) is 6.61 Å². The van der Waals surface area contributed by atoms with Crippen molar-refractivity contribution < 1.29 is 19.0 Å². The van der Waals surface area contributed by atoms with E-state index in [4.69, 9.17) is 14.7 Å². The summed E-state index contributed by atoms with van der Waals surface area (Å²) in [6.07, 6.45) is -0.374. The summed E-state index contributed by atoms with van der Waals surface area (Å²) < 4.78 is 14.8. The molecule has 5 heteroatoms. The summed E-state index contributed by atoms with van der Waals surface area (Å²) in [5.74, 6) is -0.706. The van der Waals surface area contributed by atoms with Crippen LogP contribution in [-0.2, 0) is 19.0 Å². The van der Waals surface area contributed by atoms with Gasteiger partial charge in [0, 0.05) is 13.5 Å². The highest BCUT2D eigenvalue weighted by molar-refractivity contribution is 5.77. The summed E-state index contributed by atoms with van der Waals surface area (Å²) in [4.78, 5) is 11.3. The Labute approximate surface area is 89.9 Å². The highest BCUT2D eigenvalue weighted by Gasteiger charge is 2.22. The summed E-state index contributed by atoms with van der Waals surface area (Å²) >= 11 is 0. The molecule has 0 saturated heterocycles. The van der Waals surface area contributed by atoms with Crippen LogP contribution >= 0.6 is 0 Å². The van der Waals surface area contributed by atoms with Crippen LogP contribution in [0, 0.1) is 11.3 Å². The van der Waals surface area contributed by atoms with E-state index in [1.54, 1.807) is 6.07 Å². The molecule has 0 heterocycles. The molecule has 0 aliphatic heterocycles. The number of methoxy groups -OCH3 is 1. The van der Waals surface area contributed by atoms with E-state index in [0.717, 1.165) is 6.42 Å². The lowest BCUT2D eigenvalue weighted by Gasteiger charge is -2.17. The van der Waals surface area contributed by atoms with Crippen molar-refractivity contribution in [2.75, 3.05) is 13.7 Å². The molecule has 0 amide bonds. The van der Waals surface area contributed by atoms with Gasteiger partial charge in [0.1, 0.15) is 6.07 Å². The van der Waals surface area contributed by atoms with E-state index in [-0.39, 0.29) is 0 Å². The van der Waals surface area contributed by atoms with E-state index in [1.807, 2.05) is 13.8 Å². The van der Waals surface area contributed by atoms with Gasteiger partial charge in [-0.25, -0.2) is 4.79 Å². The monoisotopic (exact) mass is 215 g/mol. The predicted molar refractivity (Wildman–Crippen MR) is 52.8 cm³/mol. The highest BCUT2D eigenvalue weighted by Crippen LogP contribution is 2.04. The summed E-state index contributed by atoms with van der Waals surface area (Å²) in [5.41, 5.74) is 0. The maximum atomic E-state index is 11.3. The lowest BCUT2D eigenvalue weighted by Crippen LogP contribution is -2.29. The van der Waals surface area contributed by atoms with Gasteiger partial charge in [0.25, 0.3) is 0 Å². The Morgan fingerprint density at radius 1 is 1.47 bits per heavy atom. The standard InChI is InChI=1S/C10H17NO4/c1-4-6-14-9(5-2)15-10(12)8(7-11)13-3/h8-9H,4-6H2,1-3H3. The number of hydrogen-bond acceptors (Lipinski definition) is 5. The van der Waals surface area contributed by atoms with Crippen molar-refractivity contribution in [1.29, 1.82) is 5.26 Å². The normalized spacial score (nSPS) is 14.0. The first-order valence-corrected chi connectivity index (χ1v) is 4.94. The predicted octanol–water partition coefficient (Wildman–Crippen LogP) is 1.23. The van der Waals surface area contributed by atoms with Crippen LogP contribution in [0.1, 0.15) is 26.7 Å². The van der Waals surface area contributed by atoms with E-state index in [2.05, 4.69) is 4.74 Å². The van der Waals surface area contributed by atoms with Gasteiger partial charge in [-0.15, -0.1) is 0 Å². The maximum absolute atomic E-state index is 11.3. The summed E-state index contributed by atoms with van der Waals surface area (Å²) in [5, 5.41) is 8.54. The summed E-state index contributed by atoms with van der Waals surface area (Å²) in [6, 6.07) is 1.68. The molecule has 0 saturated carbocycles. The Morgan fingerprint density at radius 2 is 2.13 bits per heavy atom. The average molecular weight is 215 g/mol. The first-order chi connectivity index (χ1) is 7.19. The second kappa shape index (κ2) is 8.21. The Bertz CT molecular complexity index is 224. The fourth-order valence-corrected chi connectivity index (χ4v) is 0.877. The summed E-state index contributed by atoms with van der Waals surface area (Å²) in [7, 11) is 1.28. The van der Waals surface area contributed by atoms with E-state index < -0.39 is 18.4 Å². The van der Waals surface area contributed by atoms with Crippen molar-refractivity contribution in [3.63, 3.8) is 0 Å². The Kier molecular flexibility index (Phi) is 7.60. The van der Waals surface area contributed by atoms with Gasteiger partial charge in [-0.3, -0.25) is 0 Å². The number of nitriles is 1. The fourth-order valence-electron chi connectivity index (χ4n) is 0.877. The molecule has 2 atom stereocenters. The molecular formula is C10H17NO4. The third kappa shape index (κ3) is 5.35. The molecule has 15 heavy (non-hydrogen) atoms. The zero-order valence-electron chi connectivity index (χ0n) is 9.36. The number of ether oxygens (including phenoxy) is 3. The smallest absolute Gasteiger partial charge is 0.352 e. The van der Waals surface area contributed by atoms with Crippen LogP contribution in [0.2, 0.25) is 0 Å². The van der Waals surface area contributed by atoms with Gasteiger partial charge < -0.3 is 14.2 Å². The largest absolute Gasteiger partial charge is 0.433 e. The van der Waals surface area contributed by atoms with Crippen LogP contribution in [0.25, 0.3) is 0 Å². The Hall–Kier alpha value is -1.12. The molecule has 0 radical (unpaired) electrons. The van der Waals surface area contributed by atoms with Gasteiger partial charge >= 0.3 is 5.97 Å². The molecule has 0 aromatic heterocycles. The molecule has 2 unspecified atom stereocenters. The molecule has 5 nitrogen and oxygen atoms in total. The van der Waals surface area contributed by atoms with Gasteiger partial charge in [0.2, 0.25) is 12.4 Å². The van der Waals surface area contributed by atoms with Crippen molar-refractivity contribution in [2.45, 2.75) is 39.1 Å². The Balaban J connectivity index is 4.06. The molecule has 0 aliphatic rings. The molecular weight excluding hydrogens is 198 g/mol. The molecule has 86 valence electrons. The number of hydrogen-bond donors (Lipinski definition) is 0. The van der Waals surface area contributed by atoms with E-state index >= 15 is 0 Å². The van der Waals surface area contributed by atoms with E-state index in [1.165, 1.54) is 7.11 Å². The van der Waals surface area contributed by atoms with Crippen molar-refractivity contribution in [3.8, 4) is 6.07 Å². The molecule has 0 aromatic carbocycles. The molecule has 0 N–H and O–H groups in total. The third-order valence-corrected chi connectivity index (χ3v) is 1.66. The van der Waals surface area contributed by atoms with Gasteiger partial charge in [-0.1, -0.05) is 13.8 Å². The third-order valence-electron chi connectivity index (χ3n) is 1.66. The van der Waals surface area contributed by atoms with Gasteiger partial charge in [-0.05, 0) is 6.42 Å². The SMILES string of the molecule is CCCOC(CC)OC(=O)C(C#N)OC. The van der Waals surface area contributed by atoms with Crippen molar-refractivity contribution in [1.82, 2.24) is 0 Å². The fraction of sp³-hybridized carbons (Fsp3) is 0.800. The van der Waals surface area contributed by atoms with Crippen LogP contribution in [0.5, 0.6) is 0 Å². The van der Waals surface area contributed by atoms with Crippen molar-refractivity contribution in [2.24, 2.45) is 0 Å². The minimum atomic E-state index is -1.18. The number of nitrogens with zero attached hydrogens (tertiary/aromatic N) is 1. The number of esters is 1. The van der Waals surface area contributed by atoms with E-state index in [9.17, 15) is 4.79 Å². The van der Waals surface area contributed by atoms with Crippen LogP contribution in [0.4, 0.5) is 0 Å². The van der Waals surface area contributed by atoms with Crippen molar-refractivity contribution >= 4 is 5.97 Å². The first kappa shape index (κ1) is 13.9. The molecule has 0 rings (SSSR count). The molecule has 0 fully saturated rings.